The lowest BCUT2D eigenvalue weighted by molar-refractivity contribution is -0.140. The Hall–Kier alpha value is -2.01. The van der Waals surface area contributed by atoms with Crippen molar-refractivity contribution in [3.05, 3.63) is 22.7 Å². The van der Waals surface area contributed by atoms with Crippen molar-refractivity contribution < 1.29 is 29.7 Å². The van der Waals surface area contributed by atoms with Gasteiger partial charge in [-0.2, -0.15) is 4.98 Å². The summed E-state index contributed by atoms with van der Waals surface area (Å²) in [6, 6.07) is 1.37. The second-order valence-corrected chi connectivity index (χ2v) is 6.47. The normalized spacial score (nSPS) is 24.7. The number of anilines is 1. The quantitative estimate of drug-likeness (QED) is 0.325. The topological polar surface area (TPSA) is 143 Å². The Balaban J connectivity index is 1.86. The van der Waals surface area contributed by atoms with Crippen LogP contribution in [0.25, 0.3) is 0 Å². The van der Waals surface area contributed by atoms with E-state index in [2.05, 4.69) is 17.4 Å². The Morgan fingerprint density at radius 1 is 1.30 bits per heavy atom. The summed E-state index contributed by atoms with van der Waals surface area (Å²) in [6.07, 6.45) is 1.75. The number of aromatic nitrogens is 2. The lowest BCUT2D eigenvalue weighted by atomic mass is 10.1. The van der Waals surface area contributed by atoms with E-state index in [1.165, 1.54) is 12.3 Å². The third-order valence-electron chi connectivity index (χ3n) is 4.38. The molecule has 0 amide bonds. The molecule has 2 rings (SSSR count). The highest BCUT2D eigenvalue weighted by Gasteiger charge is 2.43. The predicted octanol–water partition coefficient (Wildman–Crippen LogP) is 0.0854. The maximum Gasteiger partial charge on any atom is 0.351 e. The predicted molar refractivity (Wildman–Crippen MR) is 94.6 cm³/mol. The van der Waals surface area contributed by atoms with E-state index in [9.17, 15) is 19.8 Å². The van der Waals surface area contributed by atoms with Crippen LogP contribution in [-0.2, 0) is 14.4 Å². The zero-order chi connectivity index (χ0) is 19.8. The number of nitrogens with one attached hydrogen (secondary N) is 1. The average molecular weight is 385 g/mol. The molecule has 1 aromatic rings. The van der Waals surface area contributed by atoms with E-state index in [-0.39, 0.29) is 12.2 Å². The monoisotopic (exact) mass is 385 g/mol. The van der Waals surface area contributed by atoms with E-state index in [1.54, 1.807) is 0 Å². The Morgan fingerprint density at radius 2 is 2.04 bits per heavy atom. The minimum Gasteiger partial charge on any atom is -0.394 e. The third-order valence-corrected chi connectivity index (χ3v) is 4.38. The van der Waals surface area contributed by atoms with Crippen LogP contribution in [0.1, 0.15) is 51.7 Å². The fourth-order valence-corrected chi connectivity index (χ4v) is 2.81. The van der Waals surface area contributed by atoms with Crippen LogP contribution < -0.4 is 11.2 Å². The highest BCUT2D eigenvalue weighted by molar-refractivity contribution is 5.70. The Bertz CT molecular complexity index is 666. The van der Waals surface area contributed by atoms with Gasteiger partial charge in [0.15, 0.2) is 12.0 Å². The van der Waals surface area contributed by atoms with Crippen LogP contribution in [0.15, 0.2) is 17.1 Å². The molecule has 0 saturated carbocycles. The van der Waals surface area contributed by atoms with Gasteiger partial charge in [-0.05, 0) is 6.42 Å². The molecular weight excluding hydrogens is 358 g/mol. The number of hydrogen-bond donors (Lipinski definition) is 4. The standard InChI is InChI=1S/C17H27N3O7/c1-2-3-4-5-6-7-13(22)27-19-12-8-9-20(17(25)18-12)16-15(24)14(23)11(10-21)26-16/h8-9,11,14-16,21,23-24H,2-7,10H2,1H3,(H,18,19,25)/t11-,14-,15-,16-/m1/s1. The van der Waals surface area contributed by atoms with E-state index in [1.807, 2.05) is 0 Å². The summed E-state index contributed by atoms with van der Waals surface area (Å²) in [5.41, 5.74) is 1.56. The van der Waals surface area contributed by atoms with Crippen LogP contribution in [0, 0.1) is 0 Å². The molecule has 1 aromatic heterocycles. The van der Waals surface area contributed by atoms with Gasteiger partial charge >= 0.3 is 11.7 Å². The van der Waals surface area contributed by atoms with Gasteiger partial charge in [-0.25, -0.2) is 15.1 Å². The number of hydrogen-bond acceptors (Lipinski definition) is 9. The maximum atomic E-state index is 12.1. The number of aliphatic hydroxyl groups excluding tert-OH is 3. The van der Waals surface area contributed by atoms with Crippen LogP contribution in [0.4, 0.5) is 5.82 Å². The van der Waals surface area contributed by atoms with Crippen LogP contribution in [-0.4, -0.2) is 55.8 Å². The number of carbonyl (C=O) groups excluding carboxylic acids is 1. The number of nitrogens with zero attached hydrogens (tertiary/aromatic N) is 2. The van der Waals surface area contributed by atoms with Gasteiger partial charge in [0, 0.05) is 18.7 Å². The first kappa shape index (κ1) is 21.3. The van der Waals surface area contributed by atoms with Crippen molar-refractivity contribution in [2.75, 3.05) is 12.1 Å². The SMILES string of the molecule is CCCCCCCC(=O)ONc1ccn([C@@H]2O[C@H](CO)[C@@H](O)[C@H]2O)c(=O)n1. The van der Waals surface area contributed by atoms with Gasteiger partial charge in [0.25, 0.3) is 0 Å². The van der Waals surface area contributed by atoms with Crippen molar-refractivity contribution in [1.29, 1.82) is 0 Å². The Kier molecular flexibility index (Phi) is 8.17. The molecule has 0 spiro atoms. The minimum absolute atomic E-state index is 0.0299. The number of rotatable bonds is 10. The zero-order valence-corrected chi connectivity index (χ0v) is 15.3. The van der Waals surface area contributed by atoms with Crippen molar-refractivity contribution in [2.45, 2.75) is 70.0 Å². The molecule has 10 nitrogen and oxygen atoms in total. The van der Waals surface area contributed by atoms with Crippen LogP contribution in [0.2, 0.25) is 0 Å². The average Bonchev–Trinajstić information content (AvgIpc) is 2.94. The Labute approximate surface area is 156 Å². The van der Waals surface area contributed by atoms with Gasteiger partial charge in [-0.3, -0.25) is 4.57 Å². The number of unbranched alkanes of at least 4 members (excludes halogenated alkanes) is 4. The highest BCUT2D eigenvalue weighted by atomic mass is 16.7. The molecule has 0 radical (unpaired) electrons. The lowest BCUT2D eigenvalue weighted by Gasteiger charge is -2.17. The summed E-state index contributed by atoms with van der Waals surface area (Å²) in [5, 5.41) is 28.8. The first-order valence-electron chi connectivity index (χ1n) is 9.15. The maximum absolute atomic E-state index is 12.1. The molecule has 0 bridgehead atoms. The number of ether oxygens (including phenoxy) is 1. The molecule has 0 aliphatic carbocycles. The first-order valence-corrected chi connectivity index (χ1v) is 9.15. The third kappa shape index (κ3) is 5.73. The second kappa shape index (κ2) is 10.4. The summed E-state index contributed by atoms with van der Waals surface area (Å²) in [5.74, 6) is -0.414. The molecule has 1 saturated heterocycles. The number of carbonyl (C=O) groups is 1. The highest BCUT2D eigenvalue weighted by Crippen LogP contribution is 2.28. The minimum atomic E-state index is -1.38. The summed E-state index contributed by atoms with van der Waals surface area (Å²) in [4.78, 5) is 32.4. The van der Waals surface area contributed by atoms with E-state index >= 15 is 0 Å². The molecule has 2 heterocycles. The van der Waals surface area contributed by atoms with Gasteiger partial charge in [0.1, 0.15) is 18.3 Å². The molecule has 4 atom stereocenters. The van der Waals surface area contributed by atoms with E-state index < -0.39 is 42.8 Å². The number of aliphatic hydroxyl groups is 3. The largest absolute Gasteiger partial charge is 0.394 e. The van der Waals surface area contributed by atoms with Crippen molar-refractivity contribution in [3.63, 3.8) is 0 Å². The van der Waals surface area contributed by atoms with Gasteiger partial charge in [0.2, 0.25) is 0 Å². The van der Waals surface area contributed by atoms with E-state index in [0.717, 1.165) is 36.7 Å². The molecule has 10 heteroatoms. The molecule has 0 aromatic carbocycles. The van der Waals surface area contributed by atoms with E-state index in [4.69, 9.17) is 14.7 Å². The summed E-state index contributed by atoms with van der Waals surface area (Å²) in [6.45, 7) is 1.62. The van der Waals surface area contributed by atoms with Gasteiger partial charge < -0.3 is 24.9 Å². The first-order chi connectivity index (χ1) is 13.0. The zero-order valence-electron chi connectivity index (χ0n) is 15.3. The molecule has 1 aliphatic heterocycles. The molecule has 1 fully saturated rings. The fraction of sp³-hybridized carbons (Fsp3) is 0.706. The van der Waals surface area contributed by atoms with Crippen LogP contribution >= 0.6 is 0 Å². The summed E-state index contributed by atoms with van der Waals surface area (Å²) < 4.78 is 6.27. The summed E-state index contributed by atoms with van der Waals surface area (Å²) in [7, 11) is 0. The molecule has 152 valence electrons. The smallest absolute Gasteiger partial charge is 0.351 e. The van der Waals surface area contributed by atoms with Gasteiger partial charge in [-0.15, -0.1) is 0 Å². The summed E-state index contributed by atoms with van der Waals surface area (Å²) >= 11 is 0. The van der Waals surface area contributed by atoms with E-state index in [0.29, 0.717) is 0 Å². The molecule has 4 N–H and O–H groups in total. The molecule has 27 heavy (non-hydrogen) atoms. The fourth-order valence-electron chi connectivity index (χ4n) is 2.81. The van der Waals surface area contributed by atoms with Gasteiger partial charge in [-0.1, -0.05) is 32.6 Å². The lowest BCUT2D eigenvalue weighted by Crippen LogP contribution is -2.36. The Morgan fingerprint density at radius 3 is 2.67 bits per heavy atom. The molecule has 1 aliphatic rings. The van der Waals surface area contributed by atoms with Crippen molar-refractivity contribution in [2.24, 2.45) is 0 Å². The van der Waals surface area contributed by atoms with Crippen molar-refractivity contribution >= 4 is 11.8 Å². The molecular formula is C17H27N3O7. The molecule has 0 unspecified atom stereocenters. The van der Waals surface area contributed by atoms with Crippen molar-refractivity contribution in [1.82, 2.24) is 9.55 Å². The van der Waals surface area contributed by atoms with Crippen LogP contribution in [0.3, 0.4) is 0 Å². The van der Waals surface area contributed by atoms with Gasteiger partial charge in [0.05, 0.1) is 6.61 Å². The van der Waals surface area contributed by atoms with Crippen LogP contribution in [0.5, 0.6) is 0 Å². The second-order valence-electron chi connectivity index (χ2n) is 6.47. The van der Waals surface area contributed by atoms with Crippen molar-refractivity contribution in [3.8, 4) is 0 Å².